The zero-order valence-electron chi connectivity index (χ0n) is 21.1. The van der Waals surface area contributed by atoms with Gasteiger partial charge in [0.15, 0.2) is 5.82 Å². The van der Waals surface area contributed by atoms with Crippen molar-refractivity contribution in [2.45, 2.75) is 83.6 Å². The van der Waals surface area contributed by atoms with Gasteiger partial charge in [-0.05, 0) is 24.1 Å². The van der Waals surface area contributed by atoms with Gasteiger partial charge in [-0.1, -0.05) is 62.9 Å². The van der Waals surface area contributed by atoms with Crippen molar-refractivity contribution >= 4 is 11.9 Å². The van der Waals surface area contributed by atoms with Gasteiger partial charge in [0.05, 0.1) is 20.0 Å². The van der Waals surface area contributed by atoms with Crippen molar-refractivity contribution in [1.82, 2.24) is 10.1 Å². The molecule has 0 spiro atoms. The first-order valence-electron chi connectivity index (χ1n) is 12.2. The van der Waals surface area contributed by atoms with E-state index in [2.05, 4.69) is 28.4 Å². The molecular weight excluding hydrogens is 493 g/mol. The van der Waals surface area contributed by atoms with Gasteiger partial charge in [-0.3, -0.25) is 4.79 Å². The number of carbonyl (C=O) groups is 2. The van der Waals surface area contributed by atoms with Crippen LogP contribution in [0.2, 0.25) is 0 Å². The van der Waals surface area contributed by atoms with Gasteiger partial charge in [0.2, 0.25) is 12.0 Å². The van der Waals surface area contributed by atoms with Gasteiger partial charge in [0, 0.05) is 12.0 Å². The monoisotopic (exact) mass is 526 g/mol. The molecule has 0 amide bonds. The van der Waals surface area contributed by atoms with Crippen LogP contribution in [0.5, 0.6) is 5.75 Å². The molecule has 2 aromatic rings. The fourth-order valence-electron chi connectivity index (χ4n) is 3.31. The van der Waals surface area contributed by atoms with Gasteiger partial charge in [-0.15, -0.1) is 0 Å². The Morgan fingerprint density at radius 1 is 1.08 bits per heavy atom. The van der Waals surface area contributed by atoms with E-state index in [-0.39, 0.29) is 24.5 Å². The SMILES string of the molecule is C=C(Cc1nc(CCCCCCCC)no1)C(=O)O[C@H](CC(=O)OCc1ccc(OC)cc1)C(F)(F)F. The molecule has 8 nitrogen and oxygen atoms in total. The van der Waals surface area contributed by atoms with E-state index in [4.69, 9.17) is 14.0 Å². The average Bonchev–Trinajstić information content (AvgIpc) is 3.31. The number of hydrogen-bond acceptors (Lipinski definition) is 8. The van der Waals surface area contributed by atoms with Crippen molar-refractivity contribution in [2.75, 3.05) is 7.11 Å². The summed E-state index contributed by atoms with van der Waals surface area (Å²) in [5.74, 6) is -1.41. The molecule has 1 aromatic heterocycles. The molecule has 0 unspecified atom stereocenters. The molecule has 11 heteroatoms. The second kappa shape index (κ2) is 15.0. The Bertz CT molecular complexity index is 1000. The second-order valence-corrected chi connectivity index (χ2v) is 8.55. The van der Waals surface area contributed by atoms with Crippen LogP contribution in [0.15, 0.2) is 40.9 Å². The van der Waals surface area contributed by atoms with Gasteiger partial charge >= 0.3 is 18.1 Å². The Morgan fingerprint density at radius 2 is 1.76 bits per heavy atom. The summed E-state index contributed by atoms with van der Waals surface area (Å²) >= 11 is 0. The first kappa shape index (κ1) is 29.9. The highest BCUT2D eigenvalue weighted by molar-refractivity contribution is 5.88. The predicted octanol–water partition coefficient (Wildman–Crippen LogP) is 5.69. The summed E-state index contributed by atoms with van der Waals surface area (Å²) in [6, 6.07) is 6.45. The molecule has 1 heterocycles. The number of aryl methyl sites for hydroxylation is 1. The molecule has 2 rings (SSSR count). The molecule has 0 aliphatic rings. The van der Waals surface area contributed by atoms with Crippen molar-refractivity contribution < 1.29 is 41.5 Å². The van der Waals surface area contributed by atoms with E-state index in [1.54, 1.807) is 24.3 Å². The zero-order valence-corrected chi connectivity index (χ0v) is 21.1. The van der Waals surface area contributed by atoms with Crippen LogP contribution < -0.4 is 4.74 Å². The summed E-state index contributed by atoms with van der Waals surface area (Å²) in [4.78, 5) is 28.4. The molecule has 37 heavy (non-hydrogen) atoms. The minimum atomic E-state index is -4.98. The molecule has 204 valence electrons. The van der Waals surface area contributed by atoms with E-state index in [1.807, 2.05) is 0 Å². The molecule has 1 atom stereocenters. The number of benzene rings is 1. The number of rotatable bonds is 16. The molecule has 0 saturated heterocycles. The van der Waals surface area contributed by atoms with Crippen LogP contribution in [0.3, 0.4) is 0 Å². The molecule has 0 aliphatic heterocycles. The standard InChI is InChI=1S/C26H33F3N2O6/c1-4-5-6-7-8-9-10-22-30-23(37-31-22)15-18(2)25(33)36-21(26(27,28)29)16-24(32)35-17-19-11-13-20(34-3)14-12-19/h11-14,21H,2,4-10,15-17H2,1,3H3/t21-/m1/s1. The fraction of sp³-hybridized carbons (Fsp3) is 0.538. The number of halogens is 3. The topological polar surface area (TPSA) is 101 Å². The van der Waals surface area contributed by atoms with Crippen molar-refractivity contribution in [1.29, 1.82) is 0 Å². The number of nitrogens with zero attached hydrogens (tertiary/aromatic N) is 2. The smallest absolute Gasteiger partial charge is 0.426 e. The summed E-state index contributed by atoms with van der Waals surface area (Å²) in [7, 11) is 1.48. The average molecular weight is 527 g/mol. The van der Waals surface area contributed by atoms with Crippen LogP contribution in [0.25, 0.3) is 0 Å². The Kier molecular flexibility index (Phi) is 12.1. The number of ether oxygens (including phenoxy) is 3. The normalized spacial score (nSPS) is 12.1. The molecule has 0 saturated carbocycles. The Balaban J connectivity index is 1.82. The van der Waals surface area contributed by atoms with Gasteiger partial charge < -0.3 is 18.7 Å². The molecule has 1 aromatic carbocycles. The highest BCUT2D eigenvalue weighted by Crippen LogP contribution is 2.27. The van der Waals surface area contributed by atoms with Crippen molar-refractivity contribution in [3.05, 3.63) is 53.7 Å². The molecule has 0 fully saturated rings. The number of aromatic nitrogens is 2. The number of unbranched alkanes of at least 4 members (excludes halogenated alkanes) is 5. The van der Waals surface area contributed by atoms with E-state index >= 15 is 0 Å². The first-order chi connectivity index (χ1) is 17.6. The van der Waals surface area contributed by atoms with Gasteiger partial charge in [-0.25, -0.2) is 4.79 Å². The predicted molar refractivity (Wildman–Crippen MR) is 128 cm³/mol. The van der Waals surface area contributed by atoms with Gasteiger partial charge in [0.1, 0.15) is 12.4 Å². The lowest BCUT2D eigenvalue weighted by atomic mass is 10.1. The third-order valence-corrected chi connectivity index (χ3v) is 5.44. The Morgan fingerprint density at radius 3 is 2.41 bits per heavy atom. The summed E-state index contributed by atoms with van der Waals surface area (Å²) in [6.45, 7) is 5.37. The van der Waals surface area contributed by atoms with Crippen LogP contribution in [-0.4, -0.2) is 41.5 Å². The number of esters is 2. The van der Waals surface area contributed by atoms with Crippen LogP contribution in [0.4, 0.5) is 13.2 Å². The lowest BCUT2D eigenvalue weighted by molar-refractivity contribution is -0.222. The van der Waals surface area contributed by atoms with Gasteiger partial charge in [-0.2, -0.15) is 18.2 Å². The number of carbonyl (C=O) groups excluding carboxylic acids is 2. The van der Waals surface area contributed by atoms with Crippen molar-refractivity contribution in [3.63, 3.8) is 0 Å². The van der Waals surface area contributed by atoms with Crippen LogP contribution >= 0.6 is 0 Å². The zero-order chi connectivity index (χ0) is 27.3. The van der Waals surface area contributed by atoms with E-state index < -0.39 is 30.6 Å². The largest absolute Gasteiger partial charge is 0.497 e. The fourth-order valence-corrected chi connectivity index (χ4v) is 3.31. The van der Waals surface area contributed by atoms with Crippen molar-refractivity contribution in [3.8, 4) is 5.75 Å². The van der Waals surface area contributed by atoms with E-state index in [9.17, 15) is 22.8 Å². The van der Waals surface area contributed by atoms with E-state index in [0.717, 1.165) is 19.3 Å². The number of methoxy groups -OCH3 is 1. The summed E-state index contributed by atoms with van der Waals surface area (Å²) in [5.41, 5.74) is 0.245. The van der Waals surface area contributed by atoms with Crippen LogP contribution in [0.1, 0.15) is 69.1 Å². The van der Waals surface area contributed by atoms with E-state index in [1.165, 1.54) is 26.4 Å². The van der Waals surface area contributed by atoms with Crippen LogP contribution in [0, 0.1) is 0 Å². The maximum Gasteiger partial charge on any atom is 0.426 e. The molecule has 0 bridgehead atoms. The van der Waals surface area contributed by atoms with Crippen molar-refractivity contribution in [2.24, 2.45) is 0 Å². The summed E-state index contributed by atoms with van der Waals surface area (Å²) in [6.07, 6.45) is -1.96. The minimum Gasteiger partial charge on any atom is -0.497 e. The summed E-state index contributed by atoms with van der Waals surface area (Å²) < 4.78 is 59.8. The van der Waals surface area contributed by atoms with Crippen LogP contribution in [-0.2, 0) is 38.5 Å². The highest BCUT2D eigenvalue weighted by Gasteiger charge is 2.45. The van der Waals surface area contributed by atoms with E-state index in [0.29, 0.717) is 23.6 Å². The molecular formula is C26H33F3N2O6. The third-order valence-electron chi connectivity index (χ3n) is 5.44. The third kappa shape index (κ3) is 11.1. The maximum atomic E-state index is 13.4. The number of hydrogen-bond donors (Lipinski definition) is 0. The molecule has 0 aliphatic carbocycles. The second-order valence-electron chi connectivity index (χ2n) is 8.55. The number of alkyl halides is 3. The molecule has 0 N–H and O–H groups in total. The first-order valence-corrected chi connectivity index (χ1v) is 12.2. The maximum absolute atomic E-state index is 13.4. The lowest BCUT2D eigenvalue weighted by Gasteiger charge is -2.20. The summed E-state index contributed by atoms with van der Waals surface area (Å²) in [5, 5.41) is 3.83. The molecule has 0 radical (unpaired) electrons. The highest BCUT2D eigenvalue weighted by atomic mass is 19.4. The quantitative estimate of drug-likeness (QED) is 0.156. The Labute approximate surface area is 214 Å². The Hall–Kier alpha value is -3.37. The minimum absolute atomic E-state index is 0.0467. The lowest BCUT2D eigenvalue weighted by Crippen LogP contribution is -2.36. The van der Waals surface area contributed by atoms with Gasteiger partial charge in [0.25, 0.3) is 0 Å².